The minimum Gasteiger partial charge on any atom is -0.477 e. The van der Waals surface area contributed by atoms with Crippen molar-refractivity contribution in [2.24, 2.45) is 5.92 Å². The first-order chi connectivity index (χ1) is 8.90. The highest BCUT2D eigenvalue weighted by molar-refractivity contribution is 7.89. The molecular formula is C12H18N2O4S. The predicted molar refractivity (Wildman–Crippen MR) is 69.5 cm³/mol. The number of hydrogen-bond donors (Lipinski definition) is 3. The van der Waals surface area contributed by atoms with E-state index in [4.69, 9.17) is 5.11 Å². The van der Waals surface area contributed by atoms with Crippen LogP contribution in [0.4, 0.5) is 0 Å². The molecule has 1 aromatic rings. The van der Waals surface area contributed by atoms with E-state index in [-0.39, 0.29) is 16.6 Å². The summed E-state index contributed by atoms with van der Waals surface area (Å²) in [6, 6.07) is 1.07. The lowest BCUT2D eigenvalue weighted by atomic mass is 9.87. The van der Waals surface area contributed by atoms with Gasteiger partial charge in [-0.15, -0.1) is 0 Å². The largest absolute Gasteiger partial charge is 0.477 e. The Bertz CT molecular complexity index is 564. The molecular weight excluding hydrogens is 268 g/mol. The maximum absolute atomic E-state index is 12.2. The highest BCUT2D eigenvalue weighted by Gasteiger charge is 2.27. The summed E-state index contributed by atoms with van der Waals surface area (Å²) >= 11 is 0. The Kier molecular flexibility index (Phi) is 3.96. The van der Waals surface area contributed by atoms with Gasteiger partial charge in [0.1, 0.15) is 10.6 Å². The molecule has 1 heterocycles. The Hall–Kier alpha value is -1.34. The van der Waals surface area contributed by atoms with Gasteiger partial charge >= 0.3 is 5.97 Å². The zero-order valence-electron chi connectivity index (χ0n) is 10.7. The fourth-order valence-electron chi connectivity index (χ4n) is 2.41. The van der Waals surface area contributed by atoms with Crippen LogP contribution in [0.1, 0.15) is 43.1 Å². The lowest BCUT2D eigenvalue weighted by Gasteiger charge is -2.29. The Labute approximate surface area is 112 Å². The summed E-state index contributed by atoms with van der Waals surface area (Å²) in [6.45, 7) is 2.03. The van der Waals surface area contributed by atoms with Crippen LogP contribution in [-0.4, -0.2) is 30.5 Å². The van der Waals surface area contributed by atoms with Gasteiger partial charge in [0.15, 0.2) is 0 Å². The number of nitrogens with one attached hydrogen (secondary N) is 2. The van der Waals surface area contributed by atoms with Crippen LogP contribution in [0, 0.1) is 5.92 Å². The van der Waals surface area contributed by atoms with Crippen LogP contribution >= 0.6 is 0 Å². The molecule has 2 rings (SSSR count). The molecule has 3 N–H and O–H groups in total. The summed E-state index contributed by atoms with van der Waals surface area (Å²) in [7, 11) is -3.65. The highest BCUT2D eigenvalue weighted by atomic mass is 32.2. The van der Waals surface area contributed by atoms with Crippen LogP contribution in [0.3, 0.4) is 0 Å². The molecule has 0 amide bonds. The molecule has 1 aliphatic carbocycles. The van der Waals surface area contributed by atoms with Crippen LogP contribution in [0.2, 0.25) is 0 Å². The molecule has 0 bridgehead atoms. The standard InChI is InChI=1S/C12H18N2O4S/c1-8-4-2-3-5-10(8)14-19(17,18)9-6-11(12(15)16)13-7-9/h6-8,10,13-14H,2-5H2,1H3,(H,15,16). The molecule has 1 saturated carbocycles. The topological polar surface area (TPSA) is 99.3 Å². The van der Waals surface area contributed by atoms with Crippen LogP contribution in [0.25, 0.3) is 0 Å². The van der Waals surface area contributed by atoms with Crippen molar-refractivity contribution < 1.29 is 18.3 Å². The SMILES string of the molecule is CC1CCCCC1NS(=O)(=O)c1c[nH]c(C(=O)O)c1. The summed E-state index contributed by atoms with van der Waals surface area (Å²) in [4.78, 5) is 13.2. The molecule has 6 nitrogen and oxygen atoms in total. The second-order valence-corrected chi connectivity index (χ2v) is 6.76. The number of sulfonamides is 1. The molecule has 0 saturated heterocycles. The van der Waals surface area contributed by atoms with Gasteiger partial charge in [-0.3, -0.25) is 0 Å². The molecule has 2 unspecified atom stereocenters. The Morgan fingerprint density at radius 2 is 2.11 bits per heavy atom. The third-order valence-corrected chi connectivity index (χ3v) is 5.08. The van der Waals surface area contributed by atoms with E-state index >= 15 is 0 Å². The van der Waals surface area contributed by atoms with Crippen LogP contribution in [0.5, 0.6) is 0 Å². The number of carbonyl (C=O) groups is 1. The minimum absolute atomic E-state index is 0.0253. The Balaban J connectivity index is 2.15. The summed E-state index contributed by atoms with van der Waals surface area (Å²) in [6.07, 6.45) is 5.20. The molecule has 0 aliphatic heterocycles. The third-order valence-electron chi connectivity index (χ3n) is 3.62. The zero-order chi connectivity index (χ0) is 14.0. The molecule has 1 fully saturated rings. The van der Waals surface area contributed by atoms with Gasteiger partial charge in [0.2, 0.25) is 10.0 Å². The van der Waals surface area contributed by atoms with E-state index in [0.29, 0.717) is 5.92 Å². The van der Waals surface area contributed by atoms with Gasteiger partial charge < -0.3 is 10.1 Å². The highest BCUT2D eigenvalue weighted by Crippen LogP contribution is 2.25. The molecule has 0 spiro atoms. The van der Waals surface area contributed by atoms with Crippen LogP contribution in [0.15, 0.2) is 17.2 Å². The normalized spacial score (nSPS) is 24.3. The van der Waals surface area contributed by atoms with Gasteiger partial charge in [0.25, 0.3) is 0 Å². The number of hydrogen-bond acceptors (Lipinski definition) is 3. The maximum atomic E-state index is 12.2. The minimum atomic E-state index is -3.65. The van der Waals surface area contributed by atoms with Gasteiger partial charge in [0.05, 0.1) is 0 Å². The quantitative estimate of drug-likeness (QED) is 0.782. The average molecular weight is 286 g/mol. The fourth-order valence-corrected chi connectivity index (χ4v) is 3.78. The van der Waals surface area contributed by atoms with Gasteiger partial charge in [0, 0.05) is 12.2 Å². The molecule has 0 radical (unpaired) electrons. The van der Waals surface area contributed by atoms with Crippen molar-refractivity contribution in [3.63, 3.8) is 0 Å². The van der Waals surface area contributed by atoms with Crippen molar-refractivity contribution in [1.82, 2.24) is 9.71 Å². The maximum Gasteiger partial charge on any atom is 0.352 e. The number of aromatic amines is 1. The van der Waals surface area contributed by atoms with E-state index in [1.54, 1.807) is 0 Å². The number of H-pyrrole nitrogens is 1. The molecule has 1 aliphatic rings. The van der Waals surface area contributed by atoms with Crippen LogP contribution in [-0.2, 0) is 10.0 Å². The van der Waals surface area contributed by atoms with Crippen molar-refractivity contribution in [2.45, 2.75) is 43.5 Å². The molecule has 7 heteroatoms. The lowest BCUT2D eigenvalue weighted by molar-refractivity contribution is 0.0691. The van der Waals surface area contributed by atoms with Crippen molar-refractivity contribution in [3.05, 3.63) is 18.0 Å². The zero-order valence-corrected chi connectivity index (χ0v) is 11.5. The van der Waals surface area contributed by atoms with Gasteiger partial charge in [-0.2, -0.15) is 0 Å². The first kappa shape index (κ1) is 14.1. The summed E-state index contributed by atoms with van der Waals surface area (Å²) in [5.41, 5.74) is -0.128. The van der Waals surface area contributed by atoms with E-state index in [1.165, 1.54) is 6.20 Å². The molecule has 19 heavy (non-hydrogen) atoms. The summed E-state index contributed by atoms with van der Waals surface area (Å²) < 4.78 is 27.0. The van der Waals surface area contributed by atoms with Gasteiger partial charge in [-0.05, 0) is 24.8 Å². The number of aromatic carboxylic acids is 1. The van der Waals surface area contributed by atoms with E-state index in [0.717, 1.165) is 31.7 Å². The fraction of sp³-hybridized carbons (Fsp3) is 0.583. The van der Waals surface area contributed by atoms with Crippen LogP contribution < -0.4 is 4.72 Å². The van der Waals surface area contributed by atoms with Crippen molar-refractivity contribution >= 4 is 16.0 Å². The monoisotopic (exact) mass is 286 g/mol. The molecule has 106 valence electrons. The first-order valence-corrected chi connectivity index (χ1v) is 7.82. The van der Waals surface area contributed by atoms with E-state index in [2.05, 4.69) is 9.71 Å². The van der Waals surface area contributed by atoms with Crippen molar-refractivity contribution in [3.8, 4) is 0 Å². The van der Waals surface area contributed by atoms with Crippen molar-refractivity contribution in [1.29, 1.82) is 0 Å². The van der Waals surface area contributed by atoms with E-state index in [1.807, 2.05) is 6.92 Å². The van der Waals surface area contributed by atoms with E-state index < -0.39 is 16.0 Å². The number of carboxylic acid groups (broad SMARTS) is 1. The Morgan fingerprint density at radius 3 is 2.68 bits per heavy atom. The lowest BCUT2D eigenvalue weighted by Crippen LogP contribution is -2.40. The van der Waals surface area contributed by atoms with E-state index in [9.17, 15) is 13.2 Å². The smallest absolute Gasteiger partial charge is 0.352 e. The van der Waals surface area contributed by atoms with Gasteiger partial charge in [-0.25, -0.2) is 17.9 Å². The second-order valence-electron chi connectivity index (χ2n) is 5.04. The number of aromatic nitrogens is 1. The summed E-state index contributed by atoms with van der Waals surface area (Å²) in [5.74, 6) is -0.867. The van der Waals surface area contributed by atoms with Gasteiger partial charge in [-0.1, -0.05) is 19.8 Å². The number of carboxylic acids is 1. The first-order valence-electron chi connectivity index (χ1n) is 6.34. The van der Waals surface area contributed by atoms with Crippen molar-refractivity contribution in [2.75, 3.05) is 0 Å². The average Bonchev–Trinajstić information content (AvgIpc) is 2.82. The number of rotatable bonds is 4. The second kappa shape index (κ2) is 5.34. The third kappa shape index (κ3) is 3.16. The molecule has 0 aromatic carbocycles. The molecule has 2 atom stereocenters. The predicted octanol–water partition coefficient (Wildman–Crippen LogP) is 1.57. The Morgan fingerprint density at radius 1 is 1.42 bits per heavy atom. The summed E-state index contributed by atoms with van der Waals surface area (Å²) in [5, 5.41) is 8.78. The molecule has 1 aromatic heterocycles.